The molecule has 4 heteroatoms. The molecule has 0 aromatic rings. The first kappa shape index (κ1) is 12.7. The number of hydrogen-bond donors (Lipinski definition) is 1. The topological polar surface area (TPSA) is 57.6 Å². The van der Waals surface area contributed by atoms with Crippen molar-refractivity contribution in [3.8, 4) is 0 Å². The zero-order valence-corrected chi connectivity index (χ0v) is 11.1. The molecule has 19 heavy (non-hydrogen) atoms. The number of nitrogens with zero attached hydrogens (tertiary/aromatic N) is 1. The standard InChI is InChI=1S/C15H21NO3/c17-14(16-7-3-1-2-4-8-16)12-10-5-6-11(9-10)13(12)15(18)19/h5-6,10-13H,1-4,7-9H2,(H,18,19)/t10-,11+,12-,13+/m1/s1. The maximum absolute atomic E-state index is 12.7. The van der Waals surface area contributed by atoms with E-state index in [1.165, 1.54) is 12.8 Å². The van der Waals surface area contributed by atoms with Crippen molar-refractivity contribution in [2.24, 2.45) is 23.7 Å². The van der Waals surface area contributed by atoms with Crippen molar-refractivity contribution in [1.29, 1.82) is 0 Å². The molecule has 1 saturated heterocycles. The normalized spacial score (nSPS) is 37.4. The minimum absolute atomic E-state index is 0.0726. The van der Waals surface area contributed by atoms with Gasteiger partial charge < -0.3 is 10.0 Å². The Balaban J connectivity index is 1.78. The molecule has 104 valence electrons. The van der Waals surface area contributed by atoms with Gasteiger partial charge in [-0.15, -0.1) is 0 Å². The first-order chi connectivity index (χ1) is 9.18. The summed E-state index contributed by atoms with van der Waals surface area (Å²) >= 11 is 0. The lowest BCUT2D eigenvalue weighted by atomic mass is 9.82. The fourth-order valence-electron chi connectivity index (χ4n) is 4.00. The number of carbonyl (C=O) groups excluding carboxylic acids is 1. The lowest BCUT2D eigenvalue weighted by molar-refractivity contribution is -0.151. The van der Waals surface area contributed by atoms with Crippen LogP contribution in [0.2, 0.25) is 0 Å². The van der Waals surface area contributed by atoms with Crippen LogP contribution in [0.5, 0.6) is 0 Å². The van der Waals surface area contributed by atoms with Crippen LogP contribution in [-0.4, -0.2) is 35.0 Å². The van der Waals surface area contributed by atoms with Crippen LogP contribution in [0.3, 0.4) is 0 Å². The van der Waals surface area contributed by atoms with Crippen molar-refractivity contribution in [2.75, 3.05) is 13.1 Å². The van der Waals surface area contributed by atoms with Crippen molar-refractivity contribution < 1.29 is 14.7 Å². The molecule has 2 bridgehead atoms. The van der Waals surface area contributed by atoms with E-state index in [1.54, 1.807) is 0 Å². The molecule has 1 heterocycles. The summed E-state index contributed by atoms with van der Waals surface area (Å²) in [6, 6.07) is 0. The zero-order valence-electron chi connectivity index (χ0n) is 11.1. The van der Waals surface area contributed by atoms with E-state index in [4.69, 9.17) is 0 Å². The van der Waals surface area contributed by atoms with Gasteiger partial charge in [0.1, 0.15) is 0 Å². The number of fused-ring (bicyclic) bond motifs is 2. The van der Waals surface area contributed by atoms with E-state index in [1.807, 2.05) is 11.0 Å². The van der Waals surface area contributed by atoms with Gasteiger partial charge in [0.15, 0.2) is 0 Å². The van der Waals surface area contributed by atoms with Gasteiger partial charge in [0.05, 0.1) is 11.8 Å². The molecule has 0 aromatic heterocycles. The largest absolute Gasteiger partial charge is 0.481 e. The highest BCUT2D eigenvalue weighted by atomic mass is 16.4. The van der Waals surface area contributed by atoms with Crippen LogP contribution < -0.4 is 0 Å². The molecule has 1 aliphatic heterocycles. The SMILES string of the molecule is O=C(O)[C@@H]1[C@H](C(=O)N2CCCCCC2)[C@@H]2C=C[C@H]1C2. The first-order valence-corrected chi connectivity index (χ1v) is 7.38. The number of carboxylic acid groups (broad SMARTS) is 1. The maximum atomic E-state index is 12.7. The van der Waals surface area contributed by atoms with E-state index in [2.05, 4.69) is 6.08 Å². The third-order valence-corrected chi connectivity index (χ3v) is 4.95. The average molecular weight is 263 g/mol. The third kappa shape index (κ3) is 2.17. The molecule has 0 radical (unpaired) electrons. The molecule has 0 aromatic carbocycles. The summed E-state index contributed by atoms with van der Waals surface area (Å²) in [6.45, 7) is 1.62. The van der Waals surface area contributed by atoms with Crippen molar-refractivity contribution in [3.63, 3.8) is 0 Å². The minimum atomic E-state index is -0.801. The smallest absolute Gasteiger partial charge is 0.307 e. The van der Waals surface area contributed by atoms with Gasteiger partial charge in [0, 0.05) is 13.1 Å². The summed E-state index contributed by atoms with van der Waals surface area (Å²) in [4.78, 5) is 26.1. The van der Waals surface area contributed by atoms with Crippen LogP contribution in [0.1, 0.15) is 32.1 Å². The maximum Gasteiger partial charge on any atom is 0.307 e. The lowest BCUT2D eigenvalue weighted by Gasteiger charge is -2.30. The molecule has 1 saturated carbocycles. The van der Waals surface area contributed by atoms with Crippen LogP contribution in [0.4, 0.5) is 0 Å². The molecule has 4 nitrogen and oxygen atoms in total. The summed E-state index contributed by atoms with van der Waals surface area (Å²) in [5, 5.41) is 9.40. The fourth-order valence-corrected chi connectivity index (χ4v) is 4.00. The predicted octanol–water partition coefficient (Wildman–Crippen LogP) is 1.91. The third-order valence-electron chi connectivity index (χ3n) is 4.95. The number of likely N-dealkylation sites (tertiary alicyclic amines) is 1. The number of carbonyl (C=O) groups is 2. The Morgan fingerprint density at radius 1 is 0.947 bits per heavy atom. The average Bonchev–Trinajstić information content (AvgIpc) is 2.89. The van der Waals surface area contributed by atoms with E-state index in [9.17, 15) is 14.7 Å². The van der Waals surface area contributed by atoms with E-state index in [0.29, 0.717) is 0 Å². The van der Waals surface area contributed by atoms with Crippen molar-refractivity contribution in [1.82, 2.24) is 4.90 Å². The van der Waals surface area contributed by atoms with E-state index >= 15 is 0 Å². The lowest BCUT2D eigenvalue weighted by Crippen LogP contribution is -2.43. The number of aliphatic carboxylic acids is 1. The second kappa shape index (κ2) is 4.99. The van der Waals surface area contributed by atoms with Gasteiger partial charge in [0.25, 0.3) is 0 Å². The summed E-state index contributed by atoms with van der Waals surface area (Å²) in [5.41, 5.74) is 0. The van der Waals surface area contributed by atoms with E-state index in [0.717, 1.165) is 32.4 Å². The molecule has 0 unspecified atom stereocenters. The molecule has 0 spiro atoms. The van der Waals surface area contributed by atoms with E-state index < -0.39 is 11.9 Å². The van der Waals surface area contributed by atoms with Crippen molar-refractivity contribution >= 4 is 11.9 Å². The van der Waals surface area contributed by atoms with Gasteiger partial charge >= 0.3 is 5.97 Å². The van der Waals surface area contributed by atoms with E-state index in [-0.39, 0.29) is 23.7 Å². The molecule has 3 rings (SSSR count). The van der Waals surface area contributed by atoms with Crippen molar-refractivity contribution in [3.05, 3.63) is 12.2 Å². The predicted molar refractivity (Wildman–Crippen MR) is 70.4 cm³/mol. The number of rotatable bonds is 2. The Morgan fingerprint density at radius 2 is 1.53 bits per heavy atom. The van der Waals surface area contributed by atoms with Gasteiger partial charge in [-0.1, -0.05) is 25.0 Å². The molecule has 4 atom stereocenters. The summed E-state index contributed by atoms with van der Waals surface area (Å²) < 4.78 is 0. The second-order valence-electron chi connectivity index (χ2n) is 6.08. The van der Waals surface area contributed by atoms with Crippen molar-refractivity contribution in [2.45, 2.75) is 32.1 Å². The van der Waals surface area contributed by atoms with Gasteiger partial charge in [-0.05, 0) is 31.1 Å². The monoisotopic (exact) mass is 263 g/mol. The van der Waals surface area contributed by atoms with Crippen LogP contribution in [0.15, 0.2) is 12.2 Å². The molecule has 1 amide bonds. The number of allylic oxidation sites excluding steroid dienone is 2. The van der Waals surface area contributed by atoms with Crippen LogP contribution in [0, 0.1) is 23.7 Å². The Labute approximate surface area is 113 Å². The number of hydrogen-bond acceptors (Lipinski definition) is 2. The molecular formula is C15H21NO3. The van der Waals surface area contributed by atoms with Crippen LogP contribution in [-0.2, 0) is 9.59 Å². The Morgan fingerprint density at radius 3 is 2.11 bits per heavy atom. The highest BCUT2D eigenvalue weighted by molar-refractivity contribution is 5.87. The zero-order chi connectivity index (χ0) is 13.4. The Kier molecular flexibility index (Phi) is 3.33. The molecule has 2 aliphatic carbocycles. The highest BCUT2D eigenvalue weighted by Gasteiger charge is 2.52. The second-order valence-corrected chi connectivity index (χ2v) is 6.08. The summed E-state index contributed by atoms with van der Waals surface area (Å²) in [5.74, 6) is -1.29. The first-order valence-electron chi connectivity index (χ1n) is 7.38. The van der Waals surface area contributed by atoms with Crippen LogP contribution >= 0.6 is 0 Å². The Hall–Kier alpha value is -1.32. The fraction of sp³-hybridized carbons (Fsp3) is 0.733. The van der Waals surface area contributed by atoms with Gasteiger partial charge in [-0.25, -0.2) is 0 Å². The molecule has 3 aliphatic rings. The van der Waals surface area contributed by atoms with Crippen LogP contribution in [0.25, 0.3) is 0 Å². The quantitative estimate of drug-likeness (QED) is 0.774. The highest BCUT2D eigenvalue weighted by Crippen LogP contribution is 2.48. The Bertz CT molecular complexity index is 410. The minimum Gasteiger partial charge on any atom is -0.481 e. The molecule has 1 N–H and O–H groups in total. The van der Waals surface area contributed by atoms with Gasteiger partial charge in [-0.2, -0.15) is 0 Å². The summed E-state index contributed by atoms with van der Waals surface area (Å²) in [6.07, 6.45) is 9.38. The van der Waals surface area contributed by atoms with Gasteiger partial charge in [-0.3, -0.25) is 9.59 Å². The summed E-state index contributed by atoms with van der Waals surface area (Å²) in [7, 11) is 0. The number of amides is 1. The van der Waals surface area contributed by atoms with Gasteiger partial charge in [0.2, 0.25) is 5.91 Å². The number of carboxylic acids is 1. The molecular weight excluding hydrogens is 242 g/mol. The molecule has 2 fully saturated rings.